The Hall–Kier alpha value is -1.47. The first-order chi connectivity index (χ1) is 8.36. The average Bonchev–Trinajstić information content (AvgIpc) is 2.18. The third-order valence-corrected chi connectivity index (χ3v) is 2.19. The molecule has 0 saturated heterocycles. The Bertz CT molecular complexity index is 470. The number of alkyl halides is 3. The molecule has 0 heterocycles. The summed E-state index contributed by atoms with van der Waals surface area (Å²) in [6.45, 7) is 3.74. The van der Waals surface area contributed by atoms with E-state index in [0.717, 1.165) is 0 Å². The molecule has 1 aromatic carbocycles. The van der Waals surface area contributed by atoms with Crippen LogP contribution in [-0.4, -0.2) is 6.36 Å². The van der Waals surface area contributed by atoms with Gasteiger partial charge in [0.1, 0.15) is 0 Å². The van der Waals surface area contributed by atoms with Gasteiger partial charge in [0, 0.05) is 5.56 Å². The summed E-state index contributed by atoms with van der Waals surface area (Å²) in [5.41, 5.74) is -2.33. The van der Waals surface area contributed by atoms with Crippen molar-refractivity contribution in [2.75, 3.05) is 0 Å². The van der Waals surface area contributed by atoms with Gasteiger partial charge in [-0.2, -0.15) is 8.78 Å². The zero-order chi connectivity index (χ0) is 15.2. The Kier molecular flexibility index (Phi) is 3.75. The molecular weight excluding hydrogens is 281 g/mol. The molecule has 0 fully saturated rings. The van der Waals surface area contributed by atoms with Crippen LogP contribution in [0, 0.1) is 23.3 Å². The lowest BCUT2D eigenvalue weighted by Crippen LogP contribution is -2.23. The molecule has 0 aliphatic carbocycles. The molecule has 0 spiro atoms. The van der Waals surface area contributed by atoms with Crippen LogP contribution in [-0.2, 0) is 5.41 Å². The fraction of sp³-hybridized carbons (Fsp3) is 0.455. The van der Waals surface area contributed by atoms with E-state index in [1.807, 2.05) is 0 Å². The average molecular weight is 290 g/mol. The maximum atomic E-state index is 13.5. The van der Waals surface area contributed by atoms with Gasteiger partial charge in [0.25, 0.3) is 0 Å². The highest BCUT2D eigenvalue weighted by molar-refractivity contribution is 5.37. The summed E-state index contributed by atoms with van der Waals surface area (Å²) in [6.07, 6.45) is -5.47. The summed E-state index contributed by atoms with van der Waals surface area (Å²) >= 11 is 0. The van der Waals surface area contributed by atoms with Gasteiger partial charge in [-0.05, 0) is 5.41 Å². The van der Waals surface area contributed by atoms with Gasteiger partial charge in [-0.25, -0.2) is 8.78 Å². The molecule has 1 aromatic rings. The topological polar surface area (TPSA) is 9.23 Å². The van der Waals surface area contributed by atoms with E-state index in [2.05, 4.69) is 4.74 Å². The highest BCUT2D eigenvalue weighted by Crippen LogP contribution is 2.38. The zero-order valence-corrected chi connectivity index (χ0v) is 10.1. The first kappa shape index (κ1) is 15.6. The van der Waals surface area contributed by atoms with E-state index < -0.39 is 46.4 Å². The SMILES string of the molecule is CC(C)(C)c1c(F)c(F)c(OC(F)(F)F)c(F)c1F. The number of rotatable bonds is 1. The minimum atomic E-state index is -5.47. The van der Waals surface area contributed by atoms with Crippen LogP contribution in [0.1, 0.15) is 26.3 Å². The van der Waals surface area contributed by atoms with Crippen LogP contribution < -0.4 is 4.74 Å². The summed E-state index contributed by atoms with van der Waals surface area (Å²) in [6, 6.07) is 0. The standard InChI is InChI=1S/C11H9F7O/c1-10(2,3)4-5(12)7(14)9(8(15)6(4)13)19-11(16,17)18/h1-3H3. The lowest BCUT2D eigenvalue weighted by molar-refractivity contribution is -0.276. The first-order valence-corrected chi connectivity index (χ1v) is 4.98. The van der Waals surface area contributed by atoms with E-state index in [1.54, 1.807) is 0 Å². The first-order valence-electron chi connectivity index (χ1n) is 4.98. The van der Waals surface area contributed by atoms with Crippen molar-refractivity contribution in [1.29, 1.82) is 0 Å². The summed E-state index contributed by atoms with van der Waals surface area (Å²) in [5.74, 6) is -10.4. The highest BCUT2D eigenvalue weighted by Gasteiger charge is 2.39. The number of ether oxygens (including phenoxy) is 1. The van der Waals surface area contributed by atoms with E-state index in [0.29, 0.717) is 0 Å². The van der Waals surface area contributed by atoms with E-state index in [4.69, 9.17) is 0 Å². The third kappa shape index (κ3) is 3.10. The van der Waals surface area contributed by atoms with Crippen molar-refractivity contribution >= 4 is 0 Å². The van der Waals surface area contributed by atoms with Crippen LogP contribution in [0.2, 0.25) is 0 Å². The molecule has 0 bridgehead atoms. The molecule has 1 nitrogen and oxygen atoms in total. The normalized spacial score (nSPS) is 12.7. The fourth-order valence-corrected chi connectivity index (χ4v) is 1.48. The van der Waals surface area contributed by atoms with Crippen LogP contribution in [0.3, 0.4) is 0 Å². The number of hydrogen-bond donors (Lipinski definition) is 0. The smallest absolute Gasteiger partial charge is 0.399 e. The van der Waals surface area contributed by atoms with Crippen molar-refractivity contribution < 1.29 is 35.5 Å². The van der Waals surface area contributed by atoms with Crippen LogP contribution in [0.4, 0.5) is 30.7 Å². The maximum absolute atomic E-state index is 13.5. The van der Waals surface area contributed by atoms with Crippen molar-refractivity contribution in [3.8, 4) is 5.75 Å². The van der Waals surface area contributed by atoms with Gasteiger partial charge >= 0.3 is 6.36 Å². The Morgan fingerprint density at radius 3 is 1.37 bits per heavy atom. The molecule has 0 N–H and O–H groups in total. The fourth-order valence-electron chi connectivity index (χ4n) is 1.48. The molecule has 0 unspecified atom stereocenters. The Labute approximate surface area is 104 Å². The lowest BCUT2D eigenvalue weighted by atomic mass is 9.86. The van der Waals surface area contributed by atoms with Crippen molar-refractivity contribution in [2.24, 2.45) is 0 Å². The lowest BCUT2D eigenvalue weighted by Gasteiger charge is -2.22. The predicted molar refractivity (Wildman–Crippen MR) is 51.7 cm³/mol. The minimum absolute atomic E-state index is 0.989. The predicted octanol–water partition coefficient (Wildman–Crippen LogP) is 4.44. The number of halogens is 7. The molecule has 19 heavy (non-hydrogen) atoms. The summed E-state index contributed by atoms with van der Waals surface area (Å²) in [7, 11) is 0. The number of hydrogen-bond acceptors (Lipinski definition) is 1. The van der Waals surface area contributed by atoms with E-state index >= 15 is 0 Å². The van der Waals surface area contributed by atoms with Crippen molar-refractivity contribution in [2.45, 2.75) is 32.5 Å². The third-order valence-electron chi connectivity index (χ3n) is 2.19. The molecule has 108 valence electrons. The summed E-state index contributed by atoms with van der Waals surface area (Å²) < 4.78 is 92.5. The molecule has 0 atom stereocenters. The van der Waals surface area contributed by atoms with Gasteiger partial charge in [0.2, 0.25) is 17.4 Å². The summed E-state index contributed by atoms with van der Waals surface area (Å²) in [5, 5.41) is 0. The van der Waals surface area contributed by atoms with Crippen LogP contribution in [0.15, 0.2) is 0 Å². The van der Waals surface area contributed by atoms with E-state index in [1.165, 1.54) is 20.8 Å². The zero-order valence-electron chi connectivity index (χ0n) is 10.1. The molecule has 0 saturated carbocycles. The molecule has 8 heteroatoms. The summed E-state index contributed by atoms with van der Waals surface area (Å²) in [4.78, 5) is 0. The minimum Gasteiger partial charge on any atom is -0.399 e. The second kappa shape index (κ2) is 4.57. The van der Waals surface area contributed by atoms with Gasteiger partial charge in [-0.3, -0.25) is 0 Å². The van der Waals surface area contributed by atoms with Gasteiger partial charge in [-0.15, -0.1) is 13.2 Å². The quantitative estimate of drug-likeness (QED) is 0.549. The Morgan fingerprint density at radius 1 is 0.737 bits per heavy atom. The van der Waals surface area contributed by atoms with Crippen molar-refractivity contribution in [3.05, 3.63) is 28.8 Å². The number of benzene rings is 1. The van der Waals surface area contributed by atoms with Crippen molar-refractivity contribution in [1.82, 2.24) is 0 Å². The molecule has 0 aliphatic heterocycles. The van der Waals surface area contributed by atoms with E-state index in [-0.39, 0.29) is 0 Å². The molecule has 0 amide bonds. The van der Waals surface area contributed by atoms with Crippen LogP contribution in [0.25, 0.3) is 0 Å². The van der Waals surface area contributed by atoms with Crippen LogP contribution in [0.5, 0.6) is 5.75 Å². The second-order valence-corrected chi connectivity index (χ2v) is 4.76. The maximum Gasteiger partial charge on any atom is 0.573 e. The Morgan fingerprint density at radius 2 is 1.11 bits per heavy atom. The molecule has 0 radical (unpaired) electrons. The van der Waals surface area contributed by atoms with Crippen molar-refractivity contribution in [3.63, 3.8) is 0 Å². The van der Waals surface area contributed by atoms with Gasteiger partial charge in [0.15, 0.2) is 11.6 Å². The molecule has 1 rings (SSSR count). The van der Waals surface area contributed by atoms with Crippen LogP contribution >= 0.6 is 0 Å². The van der Waals surface area contributed by atoms with Gasteiger partial charge in [0.05, 0.1) is 0 Å². The Balaban J connectivity index is 3.57. The van der Waals surface area contributed by atoms with Gasteiger partial charge in [-0.1, -0.05) is 20.8 Å². The molecule has 0 aromatic heterocycles. The van der Waals surface area contributed by atoms with Gasteiger partial charge < -0.3 is 4.74 Å². The highest BCUT2D eigenvalue weighted by atomic mass is 19.4. The second-order valence-electron chi connectivity index (χ2n) is 4.76. The molecule has 0 aliphatic rings. The monoisotopic (exact) mass is 290 g/mol. The van der Waals surface area contributed by atoms with E-state index in [9.17, 15) is 30.7 Å². The molecular formula is C11H9F7O. The largest absolute Gasteiger partial charge is 0.573 e.